The first-order valence-corrected chi connectivity index (χ1v) is 21.7. The van der Waals surface area contributed by atoms with Crippen molar-refractivity contribution in [1.29, 1.82) is 0 Å². The van der Waals surface area contributed by atoms with E-state index in [0.29, 0.717) is 0 Å². The van der Waals surface area contributed by atoms with Crippen molar-refractivity contribution in [3.05, 3.63) is 246 Å². The quantitative estimate of drug-likeness (QED) is 0.162. The third kappa shape index (κ3) is 4.98. The van der Waals surface area contributed by atoms with Crippen LogP contribution in [0.2, 0.25) is 0 Å². The summed E-state index contributed by atoms with van der Waals surface area (Å²) in [5.74, 6) is 0. The molecule has 60 heavy (non-hydrogen) atoms. The molecule has 9 aromatic carbocycles. The third-order valence-corrected chi connectivity index (χ3v) is 14.6. The highest BCUT2D eigenvalue weighted by Crippen LogP contribution is 2.58. The fraction of sp³-hybridized carbons (Fsp3) is 0.0690. The second-order valence-electron chi connectivity index (χ2n) is 16.8. The molecule has 0 radical (unpaired) electrons. The van der Waals surface area contributed by atoms with Crippen LogP contribution in [0.5, 0.6) is 0 Å². The molecule has 0 unspecified atom stereocenters. The van der Waals surface area contributed by atoms with Crippen LogP contribution in [0.3, 0.4) is 0 Å². The SMILES string of the molecule is CC1(C)c2ccccc2-c2ccc(N(c3cccc(-c4cccc5c4sc4ccccc45)c3)c3ccc4c(c3)C(c3ccccc3)(c3ccccc3)c3ccccc3-4)cc21. The number of fused-ring (bicyclic) bond motifs is 9. The molecule has 1 aromatic heterocycles. The van der Waals surface area contributed by atoms with Gasteiger partial charge in [-0.25, -0.2) is 0 Å². The van der Waals surface area contributed by atoms with Crippen molar-refractivity contribution in [2.75, 3.05) is 4.90 Å². The third-order valence-electron chi connectivity index (χ3n) is 13.3. The first kappa shape index (κ1) is 35.0. The van der Waals surface area contributed by atoms with Crippen LogP contribution in [0.15, 0.2) is 212 Å². The molecule has 10 aromatic rings. The van der Waals surface area contributed by atoms with Crippen molar-refractivity contribution in [3.8, 4) is 33.4 Å². The summed E-state index contributed by atoms with van der Waals surface area (Å²) in [5, 5.41) is 2.63. The molecule has 1 heterocycles. The maximum atomic E-state index is 2.50. The van der Waals surface area contributed by atoms with Crippen LogP contribution in [-0.4, -0.2) is 0 Å². The van der Waals surface area contributed by atoms with Gasteiger partial charge in [-0.15, -0.1) is 11.3 Å². The van der Waals surface area contributed by atoms with E-state index in [-0.39, 0.29) is 5.41 Å². The predicted octanol–water partition coefficient (Wildman–Crippen LogP) is 15.9. The monoisotopic (exact) mass is 783 g/mol. The van der Waals surface area contributed by atoms with E-state index in [4.69, 9.17) is 0 Å². The molecule has 0 atom stereocenters. The maximum Gasteiger partial charge on any atom is 0.0714 e. The van der Waals surface area contributed by atoms with E-state index in [1.165, 1.54) is 86.9 Å². The van der Waals surface area contributed by atoms with Gasteiger partial charge in [-0.1, -0.05) is 184 Å². The zero-order valence-electron chi connectivity index (χ0n) is 33.6. The minimum absolute atomic E-state index is 0.137. The Kier molecular flexibility index (Phi) is 7.73. The van der Waals surface area contributed by atoms with Gasteiger partial charge in [0.2, 0.25) is 0 Å². The van der Waals surface area contributed by atoms with E-state index < -0.39 is 5.41 Å². The van der Waals surface area contributed by atoms with Gasteiger partial charge < -0.3 is 4.90 Å². The van der Waals surface area contributed by atoms with Crippen LogP contribution in [0.25, 0.3) is 53.6 Å². The molecule has 2 aliphatic rings. The summed E-state index contributed by atoms with van der Waals surface area (Å²) in [4.78, 5) is 2.50. The largest absolute Gasteiger partial charge is 0.310 e. The van der Waals surface area contributed by atoms with Gasteiger partial charge in [-0.3, -0.25) is 0 Å². The van der Waals surface area contributed by atoms with E-state index >= 15 is 0 Å². The number of anilines is 3. The van der Waals surface area contributed by atoms with Gasteiger partial charge in [0.25, 0.3) is 0 Å². The smallest absolute Gasteiger partial charge is 0.0714 e. The Hall–Kier alpha value is -7.00. The van der Waals surface area contributed by atoms with Crippen molar-refractivity contribution in [3.63, 3.8) is 0 Å². The molecule has 2 heteroatoms. The highest BCUT2D eigenvalue weighted by Gasteiger charge is 2.46. The molecule has 2 aliphatic carbocycles. The zero-order valence-corrected chi connectivity index (χ0v) is 34.4. The molecule has 0 N–H and O–H groups in total. The molecule has 0 fully saturated rings. The van der Waals surface area contributed by atoms with E-state index in [2.05, 4.69) is 231 Å². The number of hydrogen-bond acceptors (Lipinski definition) is 2. The topological polar surface area (TPSA) is 3.24 Å². The van der Waals surface area contributed by atoms with Crippen molar-refractivity contribution in [2.24, 2.45) is 0 Å². The van der Waals surface area contributed by atoms with E-state index in [1.54, 1.807) is 0 Å². The average molecular weight is 784 g/mol. The second-order valence-corrected chi connectivity index (χ2v) is 17.9. The minimum Gasteiger partial charge on any atom is -0.310 e. The van der Waals surface area contributed by atoms with Gasteiger partial charge in [-0.05, 0) is 109 Å². The minimum atomic E-state index is -0.504. The van der Waals surface area contributed by atoms with Crippen molar-refractivity contribution in [1.82, 2.24) is 0 Å². The Balaban J connectivity index is 1.11. The highest BCUT2D eigenvalue weighted by molar-refractivity contribution is 7.26. The van der Waals surface area contributed by atoms with Crippen LogP contribution in [0, 0.1) is 0 Å². The van der Waals surface area contributed by atoms with Gasteiger partial charge in [0.1, 0.15) is 0 Å². The number of nitrogens with zero attached hydrogens (tertiary/aromatic N) is 1. The Bertz CT molecular complexity index is 3260. The normalized spacial score (nSPS) is 14.1. The summed E-state index contributed by atoms with van der Waals surface area (Å²) in [7, 11) is 0. The van der Waals surface area contributed by atoms with Gasteiger partial charge in [0.15, 0.2) is 0 Å². The first-order valence-electron chi connectivity index (χ1n) is 20.9. The summed E-state index contributed by atoms with van der Waals surface area (Å²) in [6.07, 6.45) is 0. The standard InChI is InChI=1S/C58H41NS/c1-57(2)51-28-12-9-23-45(51)47-33-31-42(36-53(47)57)59(41-22-15-17-38(35-41)44-26-16-27-50-49-25-11-14-30-55(49)60-56(44)50)43-32-34-48-46-24-10-13-29-52(46)58(54(48)37-43,39-18-5-3-6-19-39)40-20-7-4-8-21-40/h3-37H,1-2H3. The van der Waals surface area contributed by atoms with Crippen LogP contribution in [0.1, 0.15) is 47.2 Å². The van der Waals surface area contributed by atoms with Crippen molar-refractivity contribution >= 4 is 48.6 Å². The fourth-order valence-electron chi connectivity index (χ4n) is 10.6. The lowest BCUT2D eigenvalue weighted by molar-refractivity contribution is 0.660. The van der Waals surface area contributed by atoms with Crippen molar-refractivity contribution < 1.29 is 0 Å². The molecule has 0 bridgehead atoms. The highest BCUT2D eigenvalue weighted by atomic mass is 32.1. The molecular formula is C58H41NS. The molecule has 284 valence electrons. The number of rotatable bonds is 6. The number of hydrogen-bond donors (Lipinski definition) is 0. The molecule has 1 nitrogen and oxygen atoms in total. The Morgan fingerprint density at radius 3 is 1.62 bits per heavy atom. The van der Waals surface area contributed by atoms with Crippen LogP contribution < -0.4 is 4.90 Å². The van der Waals surface area contributed by atoms with Crippen LogP contribution >= 0.6 is 11.3 Å². The van der Waals surface area contributed by atoms with Gasteiger partial charge in [0.05, 0.1) is 5.41 Å². The Labute approximate surface area is 355 Å². The summed E-state index contributed by atoms with van der Waals surface area (Å²) in [5.41, 5.74) is 18.3. The lowest BCUT2D eigenvalue weighted by Crippen LogP contribution is -2.28. The van der Waals surface area contributed by atoms with E-state index in [0.717, 1.165) is 17.1 Å². The lowest BCUT2D eigenvalue weighted by Gasteiger charge is -2.35. The molecule has 0 saturated carbocycles. The van der Waals surface area contributed by atoms with Gasteiger partial charge in [0, 0.05) is 42.6 Å². The molecule has 12 rings (SSSR count). The van der Waals surface area contributed by atoms with Crippen molar-refractivity contribution in [2.45, 2.75) is 24.7 Å². The zero-order chi connectivity index (χ0) is 40.0. The molecule has 0 spiro atoms. The summed E-state index contributed by atoms with van der Waals surface area (Å²) < 4.78 is 2.64. The lowest BCUT2D eigenvalue weighted by atomic mass is 9.67. The Morgan fingerprint density at radius 2 is 0.883 bits per heavy atom. The van der Waals surface area contributed by atoms with Gasteiger partial charge >= 0.3 is 0 Å². The molecular weight excluding hydrogens is 743 g/mol. The fourth-order valence-corrected chi connectivity index (χ4v) is 11.9. The maximum absolute atomic E-state index is 2.50. The van der Waals surface area contributed by atoms with E-state index in [1.807, 2.05) is 11.3 Å². The number of benzene rings is 9. The summed E-state index contributed by atoms with van der Waals surface area (Å²) >= 11 is 1.89. The van der Waals surface area contributed by atoms with Gasteiger partial charge in [-0.2, -0.15) is 0 Å². The molecule has 0 aliphatic heterocycles. The van der Waals surface area contributed by atoms with E-state index in [9.17, 15) is 0 Å². The second kappa shape index (κ2) is 13.3. The molecule has 0 amide bonds. The first-order chi connectivity index (χ1) is 29.5. The molecule has 0 saturated heterocycles. The summed E-state index contributed by atoms with van der Waals surface area (Å²) in [6, 6.07) is 79.3. The Morgan fingerprint density at radius 1 is 0.367 bits per heavy atom. The van der Waals surface area contributed by atoms with Crippen LogP contribution in [0.4, 0.5) is 17.1 Å². The number of thiophene rings is 1. The van der Waals surface area contributed by atoms with Crippen LogP contribution in [-0.2, 0) is 10.8 Å². The predicted molar refractivity (Wildman–Crippen MR) is 254 cm³/mol. The summed E-state index contributed by atoms with van der Waals surface area (Å²) in [6.45, 7) is 4.75. The average Bonchev–Trinajstić information content (AvgIpc) is 3.91.